The van der Waals surface area contributed by atoms with Gasteiger partial charge in [0.25, 0.3) is 0 Å². The quantitative estimate of drug-likeness (QED) is 0.643. The van der Waals surface area contributed by atoms with E-state index in [1.165, 1.54) is 11.3 Å². The van der Waals surface area contributed by atoms with E-state index < -0.39 is 0 Å². The van der Waals surface area contributed by atoms with Crippen molar-refractivity contribution < 1.29 is 14.3 Å². The van der Waals surface area contributed by atoms with Crippen molar-refractivity contribution in [1.29, 1.82) is 0 Å². The van der Waals surface area contributed by atoms with Gasteiger partial charge in [-0.15, -0.1) is 23.7 Å². The first kappa shape index (κ1) is 18.5. The second-order valence-electron chi connectivity index (χ2n) is 4.72. The minimum absolute atomic E-state index is 0. The average molecular weight is 342 g/mol. The molecule has 0 saturated heterocycles. The molecule has 22 heavy (non-hydrogen) atoms. The second kappa shape index (κ2) is 8.78. The highest BCUT2D eigenvalue weighted by atomic mass is 35.5. The summed E-state index contributed by atoms with van der Waals surface area (Å²) in [5.74, 6) is 0.590. The van der Waals surface area contributed by atoms with Crippen molar-refractivity contribution in [3.05, 3.63) is 46.2 Å². The highest BCUT2D eigenvalue weighted by molar-refractivity contribution is 7.12. The van der Waals surface area contributed by atoms with Crippen molar-refractivity contribution in [2.24, 2.45) is 5.73 Å². The van der Waals surface area contributed by atoms with Crippen molar-refractivity contribution in [3.63, 3.8) is 0 Å². The molecule has 2 N–H and O–H groups in total. The summed E-state index contributed by atoms with van der Waals surface area (Å²) in [6.07, 6.45) is 1.68. The summed E-state index contributed by atoms with van der Waals surface area (Å²) in [4.78, 5) is 12.5. The van der Waals surface area contributed by atoms with Crippen LogP contribution in [-0.4, -0.2) is 19.1 Å². The average Bonchev–Trinajstić information content (AvgIpc) is 3.03. The lowest BCUT2D eigenvalue weighted by Gasteiger charge is -2.12. The Bertz CT molecular complexity index is 601. The fourth-order valence-corrected chi connectivity index (χ4v) is 2.51. The number of benzene rings is 1. The Morgan fingerprint density at radius 3 is 2.68 bits per heavy atom. The van der Waals surface area contributed by atoms with Crippen LogP contribution in [-0.2, 0) is 6.42 Å². The first-order valence-electron chi connectivity index (χ1n) is 6.82. The molecule has 4 nitrogen and oxygen atoms in total. The van der Waals surface area contributed by atoms with Crippen LogP contribution in [0.15, 0.2) is 35.7 Å². The van der Waals surface area contributed by atoms with Crippen molar-refractivity contribution in [3.8, 4) is 11.5 Å². The van der Waals surface area contributed by atoms with E-state index >= 15 is 0 Å². The van der Waals surface area contributed by atoms with Crippen LogP contribution in [0.25, 0.3) is 0 Å². The maximum Gasteiger partial charge on any atom is 0.353 e. The fraction of sp³-hybridized carbons (Fsp3) is 0.312. The van der Waals surface area contributed by atoms with Gasteiger partial charge in [-0.1, -0.05) is 19.1 Å². The van der Waals surface area contributed by atoms with Crippen molar-refractivity contribution in [2.75, 3.05) is 7.11 Å². The van der Waals surface area contributed by atoms with Crippen molar-refractivity contribution in [2.45, 2.75) is 25.8 Å². The second-order valence-corrected chi connectivity index (χ2v) is 5.67. The number of methoxy groups -OCH3 is 1. The summed E-state index contributed by atoms with van der Waals surface area (Å²) in [5, 5.41) is 1.84. The lowest BCUT2D eigenvalue weighted by Crippen LogP contribution is -2.21. The first-order valence-corrected chi connectivity index (χ1v) is 7.70. The fourth-order valence-electron chi connectivity index (χ4n) is 1.92. The number of esters is 1. The molecule has 6 heteroatoms. The van der Waals surface area contributed by atoms with Crippen molar-refractivity contribution >= 4 is 29.7 Å². The number of thiophene rings is 1. The highest BCUT2D eigenvalue weighted by Gasteiger charge is 2.14. The topological polar surface area (TPSA) is 61.5 Å². The van der Waals surface area contributed by atoms with Crippen LogP contribution >= 0.6 is 23.7 Å². The first-order chi connectivity index (χ1) is 10.1. The third-order valence-electron chi connectivity index (χ3n) is 3.18. The Kier molecular flexibility index (Phi) is 7.38. The molecule has 0 saturated carbocycles. The third kappa shape index (κ3) is 4.73. The van der Waals surface area contributed by atoms with E-state index in [1.54, 1.807) is 19.2 Å². The monoisotopic (exact) mass is 341 g/mol. The molecule has 2 aromatic rings. The summed E-state index contributed by atoms with van der Waals surface area (Å²) >= 11 is 1.35. The Morgan fingerprint density at radius 1 is 1.32 bits per heavy atom. The Hall–Kier alpha value is -1.56. The molecule has 1 unspecified atom stereocenters. The summed E-state index contributed by atoms with van der Waals surface area (Å²) < 4.78 is 10.7. The van der Waals surface area contributed by atoms with E-state index in [9.17, 15) is 4.79 Å². The van der Waals surface area contributed by atoms with Crippen LogP contribution in [0.3, 0.4) is 0 Å². The number of hydrogen-bond acceptors (Lipinski definition) is 5. The molecule has 0 spiro atoms. The van der Waals surface area contributed by atoms with Gasteiger partial charge in [0.2, 0.25) is 0 Å². The Morgan fingerprint density at radius 2 is 2.09 bits per heavy atom. The number of rotatable bonds is 6. The van der Waals surface area contributed by atoms with Gasteiger partial charge >= 0.3 is 5.97 Å². The van der Waals surface area contributed by atoms with E-state index in [-0.39, 0.29) is 24.4 Å². The summed E-state index contributed by atoms with van der Waals surface area (Å²) in [7, 11) is 1.56. The zero-order chi connectivity index (χ0) is 15.2. The molecule has 0 aliphatic heterocycles. The molecular formula is C16H20ClNO3S. The molecule has 0 amide bonds. The van der Waals surface area contributed by atoms with E-state index in [0.717, 1.165) is 18.4 Å². The molecule has 1 atom stereocenters. The van der Waals surface area contributed by atoms with Crippen LogP contribution < -0.4 is 15.2 Å². The van der Waals surface area contributed by atoms with Crippen LogP contribution in [0.2, 0.25) is 0 Å². The number of nitrogens with two attached hydrogens (primary N) is 1. The predicted octanol–water partition coefficient (Wildman–Crippen LogP) is 3.68. The third-order valence-corrected chi connectivity index (χ3v) is 4.03. The normalized spacial score (nSPS) is 11.4. The van der Waals surface area contributed by atoms with Crippen LogP contribution in [0.4, 0.5) is 0 Å². The largest absolute Gasteiger partial charge is 0.493 e. The number of carbonyl (C=O) groups excluding carboxylic acids is 1. The van der Waals surface area contributed by atoms with E-state index in [1.807, 2.05) is 23.6 Å². The maximum absolute atomic E-state index is 12.0. The Labute approximate surface area is 140 Å². The molecule has 2 rings (SSSR count). The summed E-state index contributed by atoms with van der Waals surface area (Å²) in [5.41, 5.74) is 7.02. The highest BCUT2D eigenvalue weighted by Crippen LogP contribution is 2.29. The van der Waals surface area contributed by atoms with Gasteiger partial charge in [0, 0.05) is 6.04 Å². The molecule has 1 aromatic carbocycles. The van der Waals surface area contributed by atoms with Gasteiger partial charge in [-0.3, -0.25) is 0 Å². The molecule has 0 radical (unpaired) electrons. The molecule has 0 bridgehead atoms. The van der Waals surface area contributed by atoms with E-state index in [4.69, 9.17) is 15.2 Å². The zero-order valence-corrected chi connectivity index (χ0v) is 14.2. The van der Waals surface area contributed by atoms with Gasteiger partial charge in [0.05, 0.1) is 7.11 Å². The van der Waals surface area contributed by atoms with Gasteiger partial charge in [-0.2, -0.15) is 0 Å². The molecule has 1 aromatic heterocycles. The number of carbonyl (C=O) groups is 1. The number of ether oxygens (including phenoxy) is 2. The van der Waals surface area contributed by atoms with Crippen LogP contribution in [0.5, 0.6) is 11.5 Å². The van der Waals surface area contributed by atoms with E-state index in [2.05, 4.69) is 6.92 Å². The summed E-state index contributed by atoms with van der Waals surface area (Å²) in [6, 6.07) is 9.19. The van der Waals surface area contributed by atoms with Gasteiger partial charge in [-0.05, 0) is 42.0 Å². The molecule has 0 aliphatic rings. The van der Waals surface area contributed by atoms with E-state index in [0.29, 0.717) is 16.4 Å². The summed E-state index contributed by atoms with van der Waals surface area (Å²) in [6.45, 7) is 2.05. The Balaban J connectivity index is 0.00000242. The van der Waals surface area contributed by atoms with Crippen molar-refractivity contribution in [1.82, 2.24) is 0 Å². The standard InChI is InChI=1S/C16H19NO3S.ClH/c1-3-12(17)9-11-6-7-13(14(10-11)19-2)20-16(18)15-5-4-8-21-15;/h4-8,10,12H,3,9,17H2,1-2H3;1H. The minimum atomic E-state index is -0.374. The van der Waals surface area contributed by atoms with Gasteiger partial charge in [0.15, 0.2) is 11.5 Å². The smallest absolute Gasteiger partial charge is 0.353 e. The lowest BCUT2D eigenvalue weighted by atomic mass is 10.0. The SMILES string of the molecule is CCC(N)Cc1ccc(OC(=O)c2cccs2)c(OC)c1.Cl. The van der Waals surface area contributed by atoms with Gasteiger partial charge in [-0.25, -0.2) is 4.79 Å². The number of hydrogen-bond donors (Lipinski definition) is 1. The maximum atomic E-state index is 12.0. The molecule has 120 valence electrons. The predicted molar refractivity (Wildman–Crippen MR) is 91.5 cm³/mol. The minimum Gasteiger partial charge on any atom is -0.493 e. The molecule has 0 fully saturated rings. The zero-order valence-electron chi connectivity index (χ0n) is 12.6. The van der Waals surface area contributed by atoms with Crippen LogP contribution in [0, 0.1) is 0 Å². The molecule has 1 heterocycles. The van der Waals surface area contributed by atoms with Gasteiger partial charge < -0.3 is 15.2 Å². The van der Waals surface area contributed by atoms with Crippen LogP contribution in [0.1, 0.15) is 28.6 Å². The lowest BCUT2D eigenvalue weighted by molar-refractivity contribution is 0.0735. The van der Waals surface area contributed by atoms with Gasteiger partial charge in [0.1, 0.15) is 4.88 Å². The molecule has 0 aliphatic carbocycles. The molecular weight excluding hydrogens is 322 g/mol. The number of halogens is 1.